The molecule has 1 aromatic rings. The highest BCUT2D eigenvalue weighted by Gasteiger charge is 2.39. The first-order valence-corrected chi connectivity index (χ1v) is 12.2. The van der Waals surface area contributed by atoms with Crippen LogP contribution in [0.15, 0.2) is 30.3 Å². The lowest BCUT2D eigenvalue weighted by Gasteiger charge is -2.29. The molecule has 3 amide bonds. The Morgan fingerprint density at radius 2 is 1.85 bits per heavy atom. The van der Waals surface area contributed by atoms with Crippen molar-refractivity contribution in [1.29, 1.82) is 0 Å². The lowest BCUT2D eigenvalue weighted by Crippen LogP contribution is -2.57. The molecule has 0 spiro atoms. The van der Waals surface area contributed by atoms with Gasteiger partial charge < -0.3 is 26.0 Å². The molecule has 0 bridgehead atoms. The average Bonchev–Trinajstić information content (AvgIpc) is 3.54. The number of benzene rings is 1. The van der Waals surface area contributed by atoms with Crippen molar-refractivity contribution in [2.45, 2.75) is 76.5 Å². The summed E-state index contributed by atoms with van der Waals surface area (Å²) in [6, 6.07) is 6.36. The summed E-state index contributed by atoms with van der Waals surface area (Å²) in [4.78, 5) is 52.7. The Morgan fingerprint density at radius 3 is 2.47 bits per heavy atom. The molecule has 2 heterocycles. The molecule has 1 aromatic carbocycles. The number of carboxylic acids is 1. The summed E-state index contributed by atoms with van der Waals surface area (Å²) in [5.41, 5.74) is 0.841. The van der Waals surface area contributed by atoms with Crippen LogP contribution in [0, 0.1) is 5.92 Å². The second-order valence-electron chi connectivity index (χ2n) is 9.30. The van der Waals surface area contributed by atoms with E-state index in [-0.39, 0.29) is 30.2 Å². The fourth-order valence-corrected chi connectivity index (χ4v) is 4.66. The van der Waals surface area contributed by atoms with Gasteiger partial charge in [0.15, 0.2) is 0 Å². The van der Waals surface area contributed by atoms with Crippen molar-refractivity contribution in [3.8, 4) is 0 Å². The van der Waals surface area contributed by atoms with E-state index in [2.05, 4.69) is 16.0 Å². The highest BCUT2D eigenvalue weighted by Crippen LogP contribution is 2.21. The topological polar surface area (TPSA) is 128 Å². The van der Waals surface area contributed by atoms with Crippen molar-refractivity contribution in [3.05, 3.63) is 35.9 Å². The Bertz CT molecular complexity index is 871. The molecular weight excluding hydrogens is 436 g/mol. The highest BCUT2D eigenvalue weighted by molar-refractivity contribution is 5.94. The van der Waals surface area contributed by atoms with Gasteiger partial charge in [0.1, 0.15) is 18.1 Å². The molecule has 2 saturated heterocycles. The first-order valence-electron chi connectivity index (χ1n) is 12.2. The second-order valence-corrected chi connectivity index (χ2v) is 9.30. The van der Waals surface area contributed by atoms with Crippen LogP contribution in [0.2, 0.25) is 0 Å². The molecule has 34 heavy (non-hydrogen) atoms. The van der Waals surface area contributed by atoms with Gasteiger partial charge in [-0.25, -0.2) is 4.79 Å². The van der Waals surface area contributed by atoms with Gasteiger partial charge in [-0.2, -0.15) is 0 Å². The number of hydrogen-bond donors (Lipinski definition) is 4. The molecule has 186 valence electrons. The summed E-state index contributed by atoms with van der Waals surface area (Å²) in [7, 11) is 0. The minimum Gasteiger partial charge on any atom is -0.480 e. The number of nitrogens with one attached hydrogen (secondary N) is 3. The normalized spacial score (nSPS) is 22.6. The van der Waals surface area contributed by atoms with Crippen molar-refractivity contribution >= 4 is 23.7 Å². The van der Waals surface area contributed by atoms with E-state index >= 15 is 0 Å². The minimum absolute atomic E-state index is 0.0677. The van der Waals surface area contributed by atoms with Crippen LogP contribution in [0.4, 0.5) is 0 Å². The van der Waals surface area contributed by atoms with Gasteiger partial charge in [-0.3, -0.25) is 14.4 Å². The predicted octanol–water partition coefficient (Wildman–Crippen LogP) is 1.07. The lowest BCUT2D eigenvalue weighted by atomic mass is 9.98. The second kappa shape index (κ2) is 12.0. The van der Waals surface area contributed by atoms with E-state index in [0.717, 1.165) is 31.4 Å². The molecular formula is C25H36N4O5. The maximum absolute atomic E-state index is 13.3. The van der Waals surface area contributed by atoms with Crippen molar-refractivity contribution < 1.29 is 24.3 Å². The van der Waals surface area contributed by atoms with Gasteiger partial charge in [0.2, 0.25) is 17.7 Å². The zero-order chi connectivity index (χ0) is 24.7. The maximum Gasteiger partial charge on any atom is 0.326 e. The highest BCUT2D eigenvalue weighted by atomic mass is 16.4. The number of carbonyl (C=O) groups is 4. The Labute approximate surface area is 200 Å². The quantitative estimate of drug-likeness (QED) is 0.403. The molecule has 0 aromatic heterocycles. The van der Waals surface area contributed by atoms with Crippen molar-refractivity contribution in [2.24, 2.45) is 5.92 Å². The van der Waals surface area contributed by atoms with Crippen molar-refractivity contribution in [3.63, 3.8) is 0 Å². The van der Waals surface area contributed by atoms with E-state index in [0.29, 0.717) is 19.4 Å². The molecule has 4 N–H and O–H groups in total. The average molecular weight is 473 g/mol. The molecule has 5 atom stereocenters. The lowest BCUT2D eigenvalue weighted by molar-refractivity contribution is -0.144. The fourth-order valence-electron chi connectivity index (χ4n) is 4.66. The van der Waals surface area contributed by atoms with E-state index in [1.165, 1.54) is 0 Å². The van der Waals surface area contributed by atoms with Gasteiger partial charge in [-0.15, -0.1) is 0 Å². The van der Waals surface area contributed by atoms with E-state index in [9.17, 15) is 24.3 Å². The first kappa shape index (κ1) is 25.7. The van der Waals surface area contributed by atoms with Crippen LogP contribution in [0.25, 0.3) is 0 Å². The van der Waals surface area contributed by atoms with E-state index in [1.807, 2.05) is 37.3 Å². The maximum atomic E-state index is 13.3. The third-order valence-corrected chi connectivity index (χ3v) is 6.89. The van der Waals surface area contributed by atoms with Crippen molar-refractivity contribution in [2.75, 3.05) is 13.1 Å². The summed E-state index contributed by atoms with van der Waals surface area (Å²) in [6.07, 6.45) is 3.75. The Morgan fingerprint density at radius 1 is 1.12 bits per heavy atom. The summed E-state index contributed by atoms with van der Waals surface area (Å²) >= 11 is 0. The zero-order valence-corrected chi connectivity index (χ0v) is 20.0. The third-order valence-electron chi connectivity index (χ3n) is 6.89. The van der Waals surface area contributed by atoms with Crippen LogP contribution < -0.4 is 16.0 Å². The molecule has 0 radical (unpaired) electrons. The van der Waals surface area contributed by atoms with E-state index < -0.39 is 30.0 Å². The Balaban J connectivity index is 1.74. The van der Waals surface area contributed by atoms with Gasteiger partial charge in [0, 0.05) is 13.0 Å². The molecule has 2 fully saturated rings. The Hall–Kier alpha value is -2.94. The molecule has 9 heteroatoms. The summed E-state index contributed by atoms with van der Waals surface area (Å²) in [6.45, 7) is 4.94. The van der Waals surface area contributed by atoms with Gasteiger partial charge in [0.25, 0.3) is 0 Å². The van der Waals surface area contributed by atoms with Crippen LogP contribution >= 0.6 is 0 Å². The molecule has 2 aliphatic heterocycles. The third kappa shape index (κ3) is 6.34. The smallest absolute Gasteiger partial charge is 0.326 e. The number of nitrogens with zero attached hydrogens (tertiary/aromatic N) is 1. The SMILES string of the molecule is CCC(C)C(NC(=O)C(Cc1ccccc1)NC(=O)C1CCCN1C(=O)C1CCCN1)C(=O)O. The zero-order valence-electron chi connectivity index (χ0n) is 20.0. The predicted molar refractivity (Wildman–Crippen MR) is 127 cm³/mol. The Kier molecular flexibility index (Phi) is 9.04. The molecule has 2 aliphatic rings. The van der Waals surface area contributed by atoms with Crippen LogP contribution in [0.5, 0.6) is 0 Å². The van der Waals surface area contributed by atoms with Crippen molar-refractivity contribution in [1.82, 2.24) is 20.9 Å². The molecule has 3 rings (SSSR count). The largest absolute Gasteiger partial charge is 0.480 e. The fraction of sp³-hybridized carbons (Fsp3) is 0.600. The summed E-state index contributed by atoms with van der Waals surface area (Å²) in [5, 5.41) is 18.2. The van der Waals surface area contributed by atoms with E-state index in [1.54, 1.807) is 11.8 Å². The van der Waals surface area contributed by atoms with Crippen LogP contribution in [0.1, 0.15) is 51.5 Å². The van der Waals surface area contributed by atoms with Crippen LogP contribution in [0.3, 0.4) is 0 Å². The summed E-state index contributed by atoms with van der Waals surface area (Å²) in [5.74, 6) is -2.36. The molecule has 5 unspecified atom stereocenters. The van der Waals surface area contributed by atoms with Crippen LogP contribution in [-0.4, -0.2) is 71.0 Å². The van der Waals surface area contributed by atoms with Gasteiger partial charge in [0.05, 0.1) is 6.04 Å². The number of likely N-dealkylation sites (tertiary alicyclic amines) is 1. The first-order chi connectivity index (χ1) is 16.3. The van der Waals surface area contributed by atoms with Crippen LogP contribution in [-0.2, 0) is 25.6 Å². The van der Waals surface area contributed by atoms with Gasteiger partial charge in [-0.1, -0.05) is 50.6 Å². The standard InChI is InChI=1S/C25H36N4O5/c1-3-16(2)21(25(33)34)28-22(30)19(15-17-9-5-4-6-10-17)27-23(31)20-12-8-14-29(20)24(32)18-11-7-13-26-18/h4-6,9-10,16,18-21,26H,3,7-8,11-15H2,1-2H3,(H,27,31)(H,28,30)(H,33,34). The summed E-state index contributed by atoms with van der Waals surface area (Å²) < 4.78 is 0. The van der Waals surface area contributed by atoms with Gasteiger partial charge in [-0.05, 0) is 43.7 Å². The number of hydrogen-bond acceptors (Lipinski definition) is 5. The molecule has 0 aliphatic carbocycles. The van der Waals surface area contributed by atoms with E-state index in [4.69, 9.17) is 0 Å². The van der Waals surface area contributed by atoms with Gasteiger partial charge >= 0.3 is 5.97 Å². The number of rotatable bonds is 10. The molecule has 0 saturated carbocycles. The molecule has 9 nitrogen and oxygen atoms in total. The monoisotopic (exact) mass is 472 g/mol. The number of carbonyl (C=O) groups excluding carboxylic acids is 3. The number of carboxylic acid groups (broad SMARTS) is 1. The minimum atomic E-state index is -1.11. The number of aliphatic carboxylic acids is 1. The number of amides is 3.